The molecule has 0 spiro atoms. The van der Waals surface area contributed by atoms with Crippen molar-refractivity contribution in [3.63, 3.8) is 0 Å². The van der Waals surface area contributed by atoms with Crippen LogP contribution < -0.4 is 21.4 Å². The molecular formula is C28H24N4O2. The molecule has 1 aromatic carbocycles. The standard InChI is InChI=1S/C28H24N4O2/c1-15-21-6-3-17(29-21)13-18-4-7-22(30-18)16(2)24-9-11-26(32-24)28(25-10-8-23(15)31-25)20-14-19(33)5-12-27(20)34/h3-14,29-34H,1-2H3. The van der Waals surface area contributed by atoms with E-state index in [4.69, 9.17) is 0 Å². The van der Waals surface area contributed by atoms with Crippen LogP contribution in [0.5, 0.6) is 11.5 Å². The van der Waals surface area contributed by atoms with Gasteiger partial charge in [-0.2, -0.15) is 0 Å². The summed E-state index contributed by atoms with van der Waals surface area (Å²) >= 11 is 0. The number of phenolic OH excluding ortho intramolecular Hbond substituents is 2. The summed E-state index contributed by atoms with van der Waals surface area (Å²) in [5.74, 6) is 0.181. The molecule has 5 aromatic rings. The molecule has 0 saturated carbocycles. The minimum atomic E-state index is 0.0885. The first-order chi connectivity index (χ1) is 16.5. The first kappa shape index (κ1) is 20.1. The summed E-state index contributed by atoms with van der Waals surface area (Å²) in [5.41, 5.74) is 7.27. The summed E-state index contributed by atoms with van der Waals surface area (Å²) in [4.78, 5) is 14.0. The second-order valence-corrected chi connectivity index (χ2v) is 8.70. The van der Waals surface area contributed by atoms with E-state index in [1.165, 1.54) is 12.1 Å². The van der Waals surface area contributed by atoms with E-state index >= 15 is 0 Å². The molecule has 0 aliphatic carbocycles. The third-order valence-electron chi connectivity index (χ3n) is 6.50. The van der Waals surface area contributed by atoms with E-state index < -0.39 is 0 Å². The van der Waals surface area contributed by atoms with E-state index in [0.29, 0.717) is 5.56 Å². The van der Waals surface area contributed by atoms with Gasteiger partial charge in [-0.1, -0.05) is 0 Å². The summed E-state index contributed by atoms with van der Waals surface area (Å²) in [5, 5.41) is 24.7. The summed E-state index contributed by atoms with van der Waals surface area (Å²) in [7, 11) is 0. The van der Waals surface area contributed by atoms with E-state index in [1.807, 2.05) is 24.3 Å². The first-order valence-corrected chi connectivity index (χ1v) is 11.2. The van der Waals surface area contributed by atoms with Crippen LogP contribution in [0.1, 0.15) is 42.2 Å². The Morgan fingerprint density at radius 2 is 1.26 bits per heavy atom. The normalized spacial score (nSPS) is 13.3. The van der Waals surface area contributed by atoms with Crippen LogP contribution in [0.2, 0.25) is 0 Å². The lowest BCUT2D eigenvalue weighted by molar-refractivity contribution is 0.459. The lowest BCUT2D eigenvalue weighted by atomic mass is 10.0. The number of rotatable bonds is 1. The second-order valence-electron chi connectivity index (χ2n) is 8.70. The molecule has 4 aromatic heterocycles. The van der Waals surface area contributed by atoms with Crippen molar-refractivity contribution in [2.45, 2.75) is 13.8 Å². The van der Waals surface area contributed by atoms with Crippen molar-refractivity contribution < 1.29 is 10.2 Å². The van der Waals surface area contributed by atoms with Crippen molar-refractivity contribution in [2.75, 3.05) is 0 Å². The van der Waals surface area contributed by atoms with Gasteiger partial charge in [-0.15, -0.1) is 0 Å². The molecule has 0 atom stereocenters. The van der Waals surface area contributed by atoms with Gasteiger partial charge in [0.15, 0.2) is 0 Å². The maximum Gasteiger partial charge on any atom is 0.123 e. The number of phenols is 2. The highest BCUT2D eigenvalue weighted by Crippen LogP contribution is 2.31. The first-order valence-electron chi connectivity index (χ1n) is 11.2. The van der Waals surface area contributed by atoms with Crippen LogP contribution in [-0.2, 0) is 0 Å². The molecule has 8 bridgehead atoms. The fourth-order valence-electron chi connectivity index (χ4n) is 4.57. The zero-order valence-corrected chi connectivity index (χ0v) is 18.8. The number of hydrogen-bond acceptors (Lipinski definition) is 2. The highest BCUT2D eigenvalue weighted by molar-refractivity contribution is 5.82. The van der Waals surface area contributed by atoms with Gasteiger partial charge in [0.25, 0.3) is 0 Å². The molecule has 0 unspecified atom stereocenters. The van der Waals surface area contributed by atoms with Crippen molar-refractivity contribution in [1.29, 1.82) is 0 Å². The predicted molar refractivity (Wildman–Crippen MR) is 133 cm³/mol. The number of nitrogens with one attached hydrogen (secondary N) is 4. The molecule has 0 saturated heterocycles. The van der Waals surface area contributed by atoms with Crippen molar-refractivity contribution in [2.24, 2.45) is 0 Å². The number of aromatic hydroxyl groups is 2. The minimum absolute atomic E-state index is 0.0885. The fourth-order valence-corrected chi connectivity index (χ4v) is 4.57. The lowest BCUT2D eigenvalue weighted by Crippen LogP contribution is -2.16. The van der Waals surface area contributed by atoms with Gasteiger partial charge in [-0.25, -0.2) is 0 Å². The SMILES string of the molecule is CC1=c2ccc([nH]2)=Cc2ccc([nH]2)C(C)=c2ccc([nH]2)=C(c2cc(O)ccc2O)c2ccc1[nH]2. The van der Waals surface area contributed by atoms with Crippen LogP contribution in [0.3, 0.4) is 0 Å². The summed E-state index contributed by atoms with van der Waals surface area (Å²) in [6, 6.07) is 20.9. The Kier molecular flexibility index (Phi) is 4.42. The maximum absolute atomic E-state index is 10.7. The van der Waals surface area contributed by atoms with Gasteiger partial charge in [0.05, 0.1) is 0 Å². The molecule has 6 heteroatoms. The Hall–Kier alpha value is -4.58. The highest BCUT2D eigenvalue weighted by atomic mass is 16.3. The number of aromatic nitrogens is 4. The van der Waals surface area contributed by atoms with Gasteiger partial charge >= 0.3 is 0 Å². The van der Waals surface area contributed by atoms with E-state index in [0.717, 1.165) is 60.9 Å². The second kappa shape index (κ2) is 7.49. The number of benzene rings is 1. The Labute approximate surface area is 195 Å². The van der Waals surface area contributed by atoms with Crippen LogP contribution in [0.4, 0.5) is 0 Å². The quantitative estimate of drug-likeness (QED) is 0.222. The van der Waals surface area contributed by atoms with Crippen LogP contribution in [0, 0.1) is 0 Å². The monoisotopic (exact) mass is 448 g/mol. The van der Waals surface area contributed by atoms with E-state index in [1.54, 1.807) is 6.07 Å². The molecule has 0 amide bonds. The molecule has 5 heterocycles. The van der Waals surface area contributed by atoms with E-state index in [2.05, 4.69) is 64.1 Å². The molecule has 6 N–H and O–H groups in total. The van der Waals surface area contributed by atoms with Crippen LogP contribution in [-0.4, -0.2) is 30.1 Å². The number of hydrogen-bond donors (Lipinski definition) is 6. The average molecular weight is 449 g/mol. The van der Waals surface area contributed by atoms with Gasteiger partial charge in [-0.05, 0) is 97.8 Å². The van der Waals surface area contributed by atoms with Gasteiger partial charge in [0, 0.05) is 55.3 Å². The van der Waals surface area contributed by atoms with E-state index in [-0.39, 0.29) is 11.5 Å². The third kappa shape index (κ3) is 3.28. The molecule has 168 valence electrons. The molecule has 34 heavy (non-hydrogen) atoms. The molecule has 6 nitrogen and oxygen atoms in total. The predicted octanol–water partition coefficient (Wildman–Crippen LogP) is 2.24. The molecular weight excluding hydrogens is 424 g/mol. The summed E-state index contributed by atoms with van der Waals surface area (Å²) in [6.45, 7) is 4.13. The third-order valence-corrected chi connectivity index (χ3v) is 6.50. The smallest absolute Gasteiger partial charge is 0.123 e. The van der Waals surface area contributed by atoms with Crippen LogP contribution >= 0.6 is 0 Å². The fraction of sp³-hybridized carbons (Fsp3) is 0.0714. The average Bonchev–Trinajstić information content (AvgIpc) is 3.63. The van der Waals surface area contributed by atoms with Crippen molar-refractivity contribution >= 4 is 22.8 Å². The van der Waals surface area contributed by atoms with Gasteiger partial charge in [0.1, 0.15) is 11.5 Å². The summed E-state index contributed by atoms with van der Waals surface area (Å²) in [6.07, 6.45) is 2.09. The minimum Gasteiger partial charge on any atom is -0.508 e. The largest absolute Gasteiger partial charge is 0.508 e. The van der Waals surface area contributed by atoms with Crippen molar-refractivity contribution in [3.05, 3.63) is 116 Å². The Morgan fingerprint density at radius 1 is 0.588 bits per heavy atom. The van der Waals surface area contributed by atoms with Crippen LogP contribution in [0.25, 0.3) is 22.8 Å². The molecule has 1 aliphatic heterocycles. The molecule has 1 aliphatic rings. The molecule has 0 fully saturated rings. The summed E-state index contributed by atoms with van der Waals surface area (Å²) < 4.78 is 0. The molecule has 0 radical (unpaired) electrons. The molecule has 6 rings (SSSR count). The van der Waals surface area contributed by atoms with Crippen molar-refractivity contribution in [3.8, 4) is 11.5 Å². The van der Waals surface area contributed by atoms with E-state index in [9.17, 15) is 10.2 Å². The van der Waals surface area contributed by atoms with Gasteiger partial charge in [0.2, 0.25) is 0 Å². The van der Waals surface area contributed by atoms with Gasteiger partial charge in [-0.3, -0.25) is 0 Å². The Bertz CT molecular complexity index is 1810. The lowest BCUT2D eigenvalue weighted by Gasteiger charge is -2.09. The number of fused-ring (bicyclic) bond motifs is 8. The topological polar surface area (TPSA) is 104 Å². The Balaban J connectivity index is 1.74. The zero-order chi connectivity index (χ0) is 23.4. The van der Waals surface area contributed by atoms with Crippen LogP contribution in [0.15, 0.2) is 66.7 Å². The van der Waals surface area contributed by atoms with Crippen molar-refractivity contribution in [1.82, 2.24) is 19.9 Å². The zero-order valence-electron chi connectivity index (χ0n) is 18.8. The number of aromatic amines is 4. The Morgan fingerprint density at radius 3 is 2.12 bits per heavy atom. The number of H-pyrrole nitrogens is 4. The maximum atomic E-state index is 10.7. The van der Waals surface area contributed by atoms with Gasteiger partial charge < -0.3 is 30.1 Å². The highest BCUT2D eigenvalue weighted by Gasteiger charge is 2.16.